The Morgan fingerprint density at radius 3 is 2.31 bits per heavy atom. The number of ether oxygens (including phenoxy) is 1. The number of carbonyl (C=O) groups excluding carboxylic acids is 2. The van der Waals surface area contributed by atoms with Crippen molar-refractivity contribution >= 4 is 19.2 Å². The number of hydrogen-bond donors (Lipinski definition) is 2. The van der Waals surface area contributed by atoms with Gasteiger partial charge in [-0.05, 0) is 5.92 Å². The first-order chi connectivity index (χ1) is 6.02. The fourth-order valence-corrected chi connectivity index (χ4v) is 0.857. The minimum atomic E-state index is -0.610. The maximum Gasteiger partial charge on any atom is 0.328 e. The lowest BCUT2D eigenvalue weighted by Crippen LogP contribution is -2.47. The molecule has 13 heavy (non-hydrogen) atoms. The molecule has 0 aromatic carbocycles. The fraction of sp³-hybridized carbons (Fsp3) is 0.714. The molecule has 0 fully saturated rings. The second-order valence-corrected chi connectivity index (χ2v) is 3.02. The van der Waals surface area contributed by atoms with Gasteiger partial charge in [0.25, 0.3) is 0 Å². The van der Waals surface area contributed by atoms with Crippen molar-refractivity contribution in [1.29, 1.82) is 0 Å². The van der Waals surface area contributed by atoms with Crippen LogP contribution in [0.4, 0.5) is 4.79 Å². The third kappa shape index (κ3) is 3.94. The number of nitrogens with two attached hydrogens (primary N) is 1. The number of amides is 1. The Morgan fingerprint density at radius 1 is 1.46 bits per heavy atom. The summed E-state index contributed by atoms with van der Waals surface area (Å²) in [5.74, 6) is -0.816. The summed E-state index contributed by atoms with van der Waals surface area (Å²) < 4.78 is 4.52. The van der Waals surface area contributed by atoms with Crippen molar-refractivity contribution in [3.8, 4) is 0 Å². The zero-order chi connectivity index (χ0) is 10.4. The van der Waals surface area contributed by atoms with Gasteiger partial charge in [0, 0.05) is 0 Å². The number of carbonyl (C=O) groups is 2. The lowest BCUT2D eigenvalue weighted by Gasteiger charge is -2.19. The molecule has 0 spiro atoms. The first-order valence-electron chi connectivity index (χ1n) is 4.10. The third-order valence-electron chi connectivity index (χ3n) is 1.62. The summed E-state index contributed by atoms with van der Waals surface area (Å²) >= 11 is 0. The highest BCUT2D eigenvalue weighted by atomic mass is 16.5. The van der Waals surface area contributed by atoms with E-state index in [4.69, 9.17) is 5.64 Å². The van der Waals surface area contributed by atoms with Crippen molar-refractivity contribution in [2.45, 2.75) is 19.9 Å². The molecule has 0 aliphatic carbocycles. The van der Waals surface area contributed by atoms with Gasteiger partial charge in [-0.15, -0.1) is 0 Å². The third-order valence-corrected chi connectivity index (χ3v) is 1.62. The molecule has 0 rings (SSSR count). The van der Waals surface area contributed by atoms with E-state index in [0.717, 1.165) is 0 Å². The summed E-state index contributed by atoms with van der Waals surface area (Å²) in [5.41, 5.74) is 5.10. The van der Waals surface area contributed by atoms with Crippen molar-refractivity contribution in [2.24, 2.45) is 11.6 Å². The molecule has 0 bridgehead atoms. The number of nitrogens with one attached hydrogen (secondary N) is 1. The van der Waals surface area contributed by atoms with Crippen LogP contribution in [0.25, 0.3) is 0 Å². The molecule has 1 amide bonds. The normalized spacial score (nSPS) is 12.1. The molecule has 0 saturated carbocycles. The molecule has 0 radical (unpaired) electrons. The molecule has 5 nitrogen and oxygen atoms in total. The Labute approximate surface area is 78.3 Å². The minimum Gasteiger partial charge on any atom is -0.467 e. The quantitative estimate of drug-likeness (QED) is 0.445. The maximum absolute atomic E-state index is 11.1. The van der Waals surface area contributed by atoms with E-state index in [1.807, 2.05) is 13.8 Å². The molecular formula is C7H15BN2O3. The van der Waals surface area contributed by atoms with Crippen LogP contribution in [0.15, 0.2) is 0 Å². The lowest BCUT2D eigenvalue weighted by molar-refractivity contribution is -0.143. The van der Waals surface area contributed by atoms with E-state index < -0.39 is 12.0 Å². The molecule has 1 atom stereocenters. The van der Waals surface area contributed by atoms with Crippen molar-refractivity contribution in [3.05, 3.63) is 0 Å². The van der Waals surface area contributed by atoms with Crippen LogP contribution in [-0.4, -0.2) is 32.3 Å². The van der Waals surface area contributed by atoms with E-state index in [1.54, 1.807) is 0 Å². The molecule has 74 valence electrons. The summed E-state index contributed by atoms with van der Waals surface area (Å²) in [4.78, 5) is 22.0. The summed E-state index contributed by atoms with van der Waals surface area (Å²) in [7, 11) is 1.16. The van der Waals surface area contributed by atoms with Crippen LogP contribution in [-0.2, 0) is 9.53 Å². The van der Waals surface area contributed by atoms with E-state index >= 15 is 0 Å². The van der Waals surface area contributed by atoms with Gasteiger partial charge in [0.1, 0.15) is 6.04 Å². The van der Waals surface area contributed by atoms with Crippen LogP contribution in [0.2, 0.25) is 0 Å². The van der Waals surface area contributed by atoms with E-state index in [-0.39, 0.29) is 19.1 Å². The summed E-state index contributed by atoms with van der Waals surface area (Å²) in [6, 6.07) is -0.610. The van der Waals surface area contributed by atoms with E-state index in [1.165, 1.54) is 7.11 Å². The predicted octanol–water partition coefficient (Wildman–Crippen LogP) is -0.796. The largest absolute Gasteiger partial charge is 0.467 e. The molecule has 0 heterocycles. The second kappa shape index (κ2) is 5.58. The number of methoxy groups -OCH3 is 1. The highest BCUT2D eigenvalue weighted by molar-refractivity contribution is 6.70. The highest BCUT2D eigenvalue weighted by Crippen LogP contribution is 2.02. The summed E-state index contributed by atoms with van der Waals surface area (Å²) in [5, 5.41) is 2.48. The molecule has 0 aliphatic rings. The standard InChI is InChI=1S/C7H15BN2O3/c1-4(2)5(6(11)13-3)10-7(12)8-9/h4-5,8H,9H2,1-3H3,(H,10,12). The van der Waals surface area contributed by atoms with Crippen LogP contribution in [0.1, 0.15) is 13.8 Å². The average Bonchev–Trinajstić information content (AvgIpc) is 2.11. The molecule has 0 aromatic heterocycles. The minimum absolute atomic E-state index is 0.0112. The lowest BCUT2D eigenvalue weighted by atomic mass is 9.94. The SMILES string of the molecule is COC(=O)C(NC(=O)BN)C(C)C. The number of rotatable bonds is 4. The molecule has 0 aliphatic heterocycles. The Kier molecular flexibility index (Phi) is 5.14. The zero-order valence-electron chi connectivity index (χ0n) is 8.16. The van der Waals surface area contributed by atoms with Crippen molar-refractivity contribution in [3.63, 3.8) is 0 Å². The van der Waals surface area contributed by atoms with Gasteiger partial charge < -0.3 is 15.7 Å². The van der Waals surface area contributed by atoms with Crippen LogP contribution >= 0.6 is 0 Å². The van der Waals surface area contributed by atoms with Crippen LogP contribution in [0.5, 0.6) is 0 Å². The second-order valence-electron chi connectivity index (χ2n) is 3.02. The maximum atomic E-state index is 11.1. The van der Waals surface area contributed by atoms with Gasteiger partial charge in [-0.3, -0.25) is 4.79 Å². The first kappa shape index (κ1) is 12.0. The molecule has 1 unspecified atom stereocenters. The van der Waals surface area contributed by atoms with Gasteiger partial charge in [0.05, 0.1) is 7.11 Å². The van der Waals surface area contributed by atoms with E-state index in [9.17, 15) is 9.59 Å². The van der Waals surface area contributed by atoms with Gasteiger partial charge >= 0.3 is 13.4 Å². The first-order valence-corrected chi connectivity index (χ1v) is 4.10. The van der Waals surface area contributed by atoms with Crippen molar-refractivity contribution in [2.75, 3.05) is 7.11 Å². The van der Waals surface area contributed by atoms with Gasteiger partial charge in [-0.1, -0.05) is 13.8 Å². The zero-order valence-corrected chi connectivity index (χ0v) is 8.16. The summed E-state index contributed by atoms with van der Waals surface area (Å²) in [6.45, 7) is 3.64. The molecular weight excluding hydrogens is 171 g/mol. The van der Waals surface area contributed by atoms with E-state index in [2.05, 4.69) is 10.1 Å². The average molecular weight is 186 g/mol. The van der Waals surface area contributed by atoms with Crippen molar-refractivity contribution < 1.29 is 14.3 Å². The Bertz CT molecular complexity index is 196. The molecule has 0 aromatic rings. The number of esters is 1. The van der Waals surface area contributed by atoms with Gasteiger partial charge in [0.15, 0.2) is 5.81 Å². The van der Waals surface area contributed by atoms with Crippen LogP contribution in [0.3, 0.4) is 0 Å². The fourth-order valence-electron chi connectivity index (χ4n) is 0.857. The number of hydrogen-bond acceptors (Lipinski definition) is 4. The predicted molar refractivity (Wildman–Crippen MR) is 50.5 cm³/mol. The molecule has 6 heteroatoms. The Hall–Kier alpha value is -1.04. The smallest absolute Gasteiger partial charge is 0.328 e. The Morgan fingerprint density at radius 2 is 2.00 bits per heavy atom. The van der Waals surface area contributed by atoms with Gasteiger partial charge in [-0.25, -0.2) is 4.79 Å². The Balaban J connectivity index is 4.26. The molecule has 3 N–H and O–H groups in total. The molecule has 0 saturated heterocycles. The van der Waals surface area contributed by atoms with E-state index in [0.29, 0.717) is 0 Å². The monoisotopic (exact) mass is 186 g/mol. The van der Waals surface area contributed by atoms with Crippen molar-refractivity contribution in [1.82, 2.24) is 5.32 Å². The van der Waals surface area contributed by atoms with Crippen LogP contribution in [0, 0.1) is 5.92 Å². The highest BCUT2D eigenvalue weighted by Gasteiger charge is 2.24. The van der Waals surface area contributed by atoms with Gasteiger partial charge in [0.2, 0.25) is 0 Å². The van der Waals surface area contributed by atoms with Crippen LogP contribution < -0.4 is 11.0 Å². The topological polar surface area (TPSA) is 81.4 Å². The van der Waals surface area contributed by atoms with Gasteiger partial charge in [-0.2, -0.15) is 0 Å². The summed E-state index contributed by atoms with van der Waals surface area (Å²) in [6.07, 6.45) is 0.